The second kappa shape index (κ2) is 7.45. The second-order valence-corrected chi connectivity index (χ2v) is 8.68. The molecule has 6 rings (SSSR count). The number of pyridine rings is 2. The smallest absolute Gasteiger partial charge is 0.320 e. The molecule has 5 N–H and O–H groups in total. The van der Waals surface area contributed by atoms with Gasteiger partial charge in [-0.2, -0.15) is 0 Å². The number of hydrogen-bond acceptors (Lipinski definition) is 7. The molecular formula is C23H23FN6O3. The van der Waals surface area contributed by atoms with Gasteiger partial charge in [0, 0.05) is 53.3 Å². The van der Waals surface area contributed by atoms with Crippen LogP contribution in [-0.2, 0) is 4.74 Å². The summed E-state index contributed by atoms with van der Waals surface area (Å²) in [7, 11) is 0. The Labute approximate surface area is 188 Å². The molecule has 0 bridgehead atoms. The number of hydrogen-bond donors (Lipinski definition) is 4. The van der Waals surface area contributed by atoms with Gasteiger partial charge < -0.3 is 25.8 Å². The summed E-state index contributed by atoms with van der Waals surface area (Å²) in [6.07, 6.45) is 3.06. The van der Waals surface area contributed by atoms with Crippen molar-refractivity contribution in [2.45, 2.75) is 13.0 Å². The lowest BCUT2D eigenvalue weighted by atomic mass is 9.97. The lowest BCUT2D eigenvalue weighted by Crippen LogP contribution is -2.34. The number of amides is 2. The van der Waals surface area contributed by atoms with Gasteiger partial charge in [0.05, 0.1) is 18.9 Å². The number of nitrogen functional groups attached to an aromatic ring is 1. The molecule has 9 nitrogen and oxygen atoms in total. The van der Waals surface area contributed by atoms with Crippen LogP contribution in [0.2, 0.25) is 0 Å². The lowest BCUT2D eigenvalue weighted by molar-refractivity contribution is 0.157. The summed E-state index contributed by atoms with van der Waals surface area (Å²) < 4.78 is 26.2. The van der Waals surface area contributed by atoms with Crippen molar-refractivity contribution in [3.8, 4) is 17.0 Å². The number of benzene rings is 1. The van der Waals surface area contributed by atoms with E-state index in [4.69, 9.17) is 15.2 Å². The number of nitrogens with zero attached hydrogens (tertiary/aromatic N) is 2. The number of carbonyl (C=O) groups is 1. The molecule has 1 saturated carbocycles. The van der Waals surface area contributed by atoms with Gasteiger partial charge in [-0.3, -0.25) is 5.32 Å². The van der Waals surface area contributed by atoms with Crippen molar-refractivity contribution < 1.29 is 18.7 Å². The summed E-state index contributed by atoms with van der Waals surface area (Å²) in [6, 6.07) is 3.22. The number of rotatable bonds is 3. The molecule has 2 aromatic heterocycles. The topological polar surface area (TPSA) is 123 Å². The average Bonchev–Trinajstić information content (AvgIpc) is 3.22. The van der Waals surface area contributed by atoms with Crippen LogP contribution >= 0.6 is 0 Å². The quantitative estimate of drug-likeness (QED) is 0.453. The van der Waals surface area contributed by atoms with Crippen molar-refractivity contribution >= 4 is 34.0 Å². The number of carbonyl (C=O) groups excluding carboxylic acids is 1. The molecule has 1 aromatic carbocycles. The van der Waals surface area contributed by atoms with E-state index >= 15 is 4.39 Å². The number of anilines is 3. The molecule has 170 valence electrons. The van der Waals surface area contributed by atoms with E-state index in [1.807, 2.05) is 6.92 Å². The van der Waals surface area contributed by atoms with Crippen molar-refractivity contribution in [2.24, 2.45) is 11.8 Å². The van der Waals surface area contributed by atoms with E-state index in [0.29, 0.717) is 71.8 Å². The van der Waals surface area contributed by atoms with E-state index in [-0.39, 0.29) is 17.8 Å². The Balaban J connectivity index is 1.32. The van der Waals surface area contributed by atoms with Gasteiger partial charge in [-0.1, -0.05) is 0 Å². The highest BCUT2D eigenvalue weighted by atomic mass is 19.1. The molecule has 2 amide bonds. The Morgan fingerprint density at radius 3 is 2.85 bits per heavy atom. The van der Waals surface area contributed by atoms with Gasteiger partial charge in [0.15, 0.2) is 5.82 Å². The van der Waals surface area contributed by atoms with Crippen LogP contribution in [0.15, 0.2) is 24.5 Å². The first kappa shape index (κ1) is 20.0. The molecule has 3 aliphatic rings. The summed E-state index contributed by atoms with van der Waals surface area (Å²) in [5.41, 5.74) is 8.65. The molecule has 2 fully saturated rings. The third kappa shape index (κ3) is 3.29. The SMILES string of the molecule is Cc1c(-c2cc3cc(NC(=O)NC4C5COCC54)ncc3c(N)c2F)cnc2c1NCCO2. The summed E-state index contributed by atoms with van der Waals surface area (Å²) in [5.74, 6) is 1.13. The predicted molar refractivity (Wildman–Crippen MR) is 122 cm³/mol. The van der Waals surface area contributed by atoms with E-state index < -0.39 is 5.82 Å². The number of halogens is 1. The number of aromatic nitrogens is 2. The molecule has 0 radical (unpaired) electrons. The fourth-order valence-electron chi connectivity index (χ4n) is 4.81. The van der Waals surface area contributed by atoms with Gasteiger partial charge in [-0.25, -0.2) is 19.2 Å². The standard InChI is InChI=1S/C23H23FN6O3/c1-10-13(6-28-22-20(10)26-2-3-33-22)12-4-11-5-17(27-7-14(11)19(25)18(12)24)29-23(31)30-21-15-8-32-9-16(15)21/h4-7,15-16,21,26H,2-3,8-9,25H2,1H3,(H2,27,29,30,31). The normalized spacial score (nSPS) is 22.7. The van der Waals surface area contributed by atoms with Crippen LogP contribution < -0.4 is 26.4 Å². The van der Waals surface area contributed by atoms with Crippen LogP contribution in [0.25, 0.3) is 21.9 Å². The minimum Gasteiger partial charge on any atom is -0.474 e. The van der Waals surface area contributed by atoms with Crippen molar-refractivity contribution in [1.29, 1.82) is 0 Å². The number of nitrogens with two attached hydrogens (primary N) is 1. The Hall–Kier alpha value is -3.66. The highest BCUT2D eigenvalue weighted by Gasteiger charge is 2.54. The van der Waals surface area contributed by atoms with Gasteiger partial charge in [0.25, 0.3) is 0 Å². The molecule has 3 aromatic rings. The minimum absolute atomic E-state index is 0.00172. The molecule has 2 atom stereocenters. The summed E-state index contributed by atoms with van der Waals surface area (Å²) in [6.45, 7) is 4.45. The number of fused-ring (bicyclic) bond motifs is 3. The highest BCUT2D eigenvalue weighted by Crippen LogP contribution is 2.44. The monoisotopic (exact) mass is 450 g/mol. The Bertz CT molecular complexity index is 1290. The van der Waals surface area contributed by atoms with Crippen LogP contribution in [0.3, 0.4) is 0 Å². The van der Waals surface area contributed by atoms with Crippen LogP contribution in [-0.4, -0.2) is 48.4 Å². The van der Waals surface area contributed by atoms with Crippen molar-refractivity contribution in [2.75, 3.05) is 42.7 Å². The zero-order valence-electron chi connectivity index (χ0n) is 17.9. The fraction of sp³-hybridized carbons (Fsp3) is 0.348. The third-order valence-corrected chi connectivity index (χ3v) is 6.73. The van der Waals surface area contributed by atoms with Gasteiger partial charge in [-0.05, 0) is 30.0 Å². The van der Waals surface area contributed by atoms with Crippen molar-refractivity contribution in [3.63, 3.8) is 0 Å². The van der Waals surface area contributed by atoms with Crippen molar-refractivity contribution in [3.05, 3.63) is 35.9 Å². The Kier molecular flexibility index (Phi) is 4.51. The average molecular weight is 450 g/mol. The molecule has 10 heteroatoms. The van der Waals surface area contributed by atoms with E-state index in [9.17, 15) is 4.79 Å². The predicted octanol–water partition coefficient (Wildman–Crippen LogP) is 2.90. The summed E-state index contributed by atoms with van der Waals surface area (Å²) >= 11 is 0. The van der Waals surface area contributed by atoms with Crippen LogP contribution in [0.1, 0.15) is 5.56 Å². The van der Waals surface area contributed by atoms with Gasteiger partial charge >= 0.3 is 6.03 Å². The zero-order valence-corrected chi connectivity index (χ0v) is 17.9. The molecule has 0 spiro atoms. The molecule has 2 unspecified atom stereocenters. The first-order valence-electron chi connectivity index (χ1n) is 10.9. The maximum Gasteiger partial charge on any atom is 0.320 e. The summed E-state index contributed by atoms with van der Waals surface area (Å²) in [5, 5.41) is 10.1. The first-order chi connectivity index (χ1) is 16.0. The highest BCUT2D eigenvalue weighted by molar-refractivity contribution is 6.00. The largest absolute Gasteiger partial charge is 0.474 e. The van der Waals surface area contributed by atoms with E-state index in [1.165, 1.54) is 6.20 Å². The Morgan fingerprint density at radius 2 is 2.03 bits per heavy atom. The Morgan fingerprint density at radius 1 is 1.21 bits per heavy atom. The first-order valence-corrected chi connectivity index (χ1v) is 10.9. The van der Waals surface area contributed by atoms with Gasteiger partial charge in [-0.15, -0.1) is 0 Å². The maximum atomic E-state index is 15.3. The van der Waals surface area contributed by atoms with Gasteiger partial charge in [0.2, 0.25) is 5.88 Å². The third-order valence-electron chi connectivity index (χ3n) is 6.73. The molecule has 33 heavy (non-hydrogen) atoms. The lowest BCUT2D eigenvalue weighted by Gasteiger charge is -2.22. The molecular weight excluding hydrogens is 427 g/mol. The summed E-state index contributed by atoms with van der Waals surface area (Å²) in [4.78, 5) is 21.0. The van der Waals surface area contributed by atoms with Crippen LogP contribution in [0.5, 0.6) is 5.88 Å². The molecule has 2 aliphatic heterocycles. The minimum atomic E-state index is -0.535. The van der Waals surface area contributed by atoms with Crippen LogP contribution in [0.4, 0.5) is 26.4 Å². The molecule has 1 aliphatic carbocycles. The number of ether oxygens (including phenoxy) is 2. The van der Waals surface area contributed by atoms with E-state index in [0.717, 1.165) is 11.3 Å². The van der Waals surface area contributed by atoms with E-state index in [2.05, 4.69) is 25.9 Å². The molecule has 4 heterocycles. The van der Waals surface area contributed by atoms with Gasteiger partial charge in [0.1, 0.15) is 18.1 Å². The molecule has 1 saturated heterocycles. The van der Waals surface area contributed by atoms with Crippen molar-refractivity contribution in [1.82, 2.24) is 15.3 Å². The number of nitrogens with one attached hydrogen (secondary N) is 3. The van der Waals surface area contributed by atoms with Crippen LogP contribution in [0, 0.1) is 24.6 Å². The van der Waals surface area contributed by atoms with E-state index in [1.54, 1.807) is 18.3 Å². The maximum absolute atomic E-state index is 15.3. The zero-order chi connectivity index (χ0) is 22.7. The number of urea groups is 1. The fourth-order valence-corrected chi connectivity index (χ4v) is 4.81. The second-order valence-electron chi connectivity index (χ2n) is 8.68.